The second-order valence-corrected chi connectivity index (χ2v) is 5.66. The van der Waals surface area contributed by atoms with Crippen LogP contribution in [0.25, 0.3) is 10.9 Å². The number of aliphatic hydroxyl groups is 1. The lowest BCUT2D eigenvalue weighted by Gasteiger charge is -2.10. The highest BCUT2D eigenvalue weighted by molar-refractivity contribution is 6.01. The number of fused-ring (bicyclic) bond motifs is 1. The van der Waals surface area contributed by atoms with Gasteiger partial charge < -0.3 is 20.3 Å². The van der Waals surface area contributed by atoms with Gasteiger partial charge in [-0.25, -0.2) is 4.79 Å². The molecule has 0 spiro atoms. The first-order chi connectivity index (χ1) is 12.4. The summed E-state index contributed by atoms with van der Waals surface area (Å²) in [5, 5.41) is 15.0. The molecule has 0 aliphatic rings. The molecule has 0 bridgehead atoms. The van der Waals surface area contributed by atoms with Crippen LogP contribution >= 0.6 is 0 Å². The Kier molecular flexibility index (Phi) is 4.85. The van der Waals surface area contributed by atoms with Crippen LogP contribution in [0.15, 0.2) is 54.7 Å². The molecule has 0 unspecified atom stereocenters. The quantitative estimate of drug-likeness (QED) is 0.647. The lowest BCUT2D eigenvalue weighted by Crippen LogP contribution is -2.19. The van der Waals surface area contributed by atoms with E-state index in [1.54, 1.807) is 12.1 Å². The summed E-state index contributed by atoms with van der Waals surface area (Å²) < 4.78 is 39.5. The topological polar surface area (TPSA) is 66.3 Å². The summed E-state index contributed by atoms with van der Waals surface area (Å²) >= 11 is 0. The van der Waals surface area contributed by atoms with Crippen molar-refractivity contribution in [2.24, 2.45) is 0 Å². The third kappa shape index (κ3) is 3.97. The fraction of sp³-hybridized carbons (Fsp3) is 0.167. The SMILES string of the molecule is O=C(Nc1ccc(C(F)(F)F)cc1)Nc1ccc2c(ccn2CCO)c1. The van der Waals surface area contributed by atoms with Crippen LogP contribution in [0.3, 0.4) is 0 Å². The molecular formula is C18H16F3N3O2. The van der Waals surface area contributed by atoms with E-state index in [9.17, 15) is 18.0 Å². The molecular weight excluding hydrogens is 347 g/mol. The standard InChI is InChI=1S/C18H16F3N3O2/c19-18(20,21)13-1-3-14(4-2-13)22-17(26)23-15-5-6-16-12(11-15)7-8-24(16)9-10-25/h1-8,11,25H,9-10H2,(H2,22,23,26). The zero-order chi connectivity index (χ0) is 18.7. The summed E-state index contributed by atoms with van der Waals surface area (Å²) in [5.74, 6) is 0. The Morgan fingerprint density at radius 1 is 1.00 bits per heavy atom. The number of nitrogens with one attached hydrogen (secondary N) is 2. The van der Waals surface area contributed by atoms with Gasteiger partial charge in [-0.05, 0) is 48.5 Å². The maximum absolute atomic E-state index is 12.5. The number of halogens is 3. The van der Waals surface area contributed by atoms with E-state index in [4.69, 9.17) is 5.11 Å². The van der Waals surface area contributed by atoms with E-state index >= 15 is 0 Å². The number of hydrogen-bond acceptors (Lipinski definition) is 2. The molecule has 2 aromatic carbocycles. The minimum absolute atomic E-state index is 0.0271. The fourth-order valence-corrected chi connectivity index (χ4v) is 2.62. The summed E-state index contributed by atoms with van der Waals surface area (Å²) in [4.78, 5) is 12.0. The number of rotatable bonds is 4. The number of carbonyl (C=O) groups excluding carboxylic acids is 1. The summed E-state index contributed by atoms with van der Waals surface area (Å²) in [5.41, 5.74) is 0.948. The van der Waals surface area contributed by atoms with E-state index in [1.165, 1.54) is 12.1 Å². The minimum Gasteiger partial charge on any atom is -0.395 e. The third-order valence-corrected chi connectivity index (χ3v) is 3.84. The molecule has 3 rings (SSSR count). The molecule has 1 heterocycles. The molecule has 0 atom stereocenters. The van der Waals surface area contributed by atoms with Gasteiger partial charge in [0.1, 0.15) is 0 Å². The second-order valence-electron chi connectivity index (χ2n) is 5.66. The van der Waals surface area contributed by atoms with Gasteiger partial charge in [0.2, 0.25) is 0 Å². The molecule has 5 nitrogen and oxygen atoms in total. The highest BCUT2D eigenvalue weighted by atomic mass is 19.4. The number of anilines is 2. The molecule has 0 aliphatic heterocycles. The van der Waals surface area contributed by atoms with E-state index in [0.29, 0.717) is 12.2 Å². The van der Waals surface area contributed by atoms with Crippen molar-refractivity contribution in [2.45, 2.75) is 12.7 Å². The van der Waals surface area contributed by atoms with Gasteiger partial charge >= 0.3 is 12.2 Å². The van der Waals surface area contributed by atoms with Gasteiger partial charge in [-0.1, -0.05) is 0 Å². The maximum atomic E-state index is 12.5. The monoisotopic (exact) mass is 363 g/mol. The lowest BCUT2D eigenvalue weighted by molar-refractivity contribution is -0.137. The van der Waals surface area contributed by atoms with Crippen molar-refractivity contribution in [3.63, 3.8) is 0 Å². The van der Waals surface area contributed by atoms with Crippen LogP contribution in [-0.4, -0.2) is 22.3 Å². The number of urea groups is 1. The number of alkyl halides is 3. The van der Waals surface area contributed by atoms with Crippen LogP contribution in [0.4, 0.5) is 29.3 Å². The van der Waals surface area contributed by atoms with Crippen molar-refractivity contribution < 1.29 is 23.1 Å². The molecule has 0 aliphatic carbocycles. The lowest BCUT2D eigenvalue weighted by atomic mass is 10.2. The number of amides is 2. The van der Waals surface area contributed by atoms with Gasteiger partial charge in [0.05, 0.1) is 12.2 Å². The Balaban J connectivity index is 1.67. The molecule has 2 amide bonds. The Morgan fingerprint density at radius 2 is 1.65 bits per heavy atom. The normalized spacial score (nSPS) is 11.5. The molecule has 0 fully saturated rings. The van der Waals surface area contributed by atoms with Crippen molar-refractivity contribution in [1.82, 2.24) is 4.57 Å². The average Bonchev–Trinajstić information content (AvgIpc) is 2.97. The Hall–Kier alpha value is -3.00. The van der Waals surface area contributed by atoms with Crippen molar-refractivity contribution in [3.05, 3.63) is 60.3 Å². The molecule has 0 saturated carbocycles. The smallest absolute Gasteiger partial charge is 0.395 e. The highest BCUT2D eigenvalue weighted by Crippen LogP contribution is 2.29. The van der Waals surface area contributed by atoms with Gasteiger partial charge in [0.25, 0.3) is 0 Å². The van der Waals surface area contributed by atoms with Gasteiger partial charge in [-0.3, -0.25) is 0 Å². The van der Waals surface area contributed by atoms with Crippen LogP contribution in [0.1, 0.15) is 5.56 Å². The van der Waals surface area contributed by atoms with Crippen LogP contribution in [0, 0.1) is 0 Å². The van der Waals surface area contributed by atoms with Crippen molar-refractivity contribution in [2.75, 3.05) is 17.2 Å². The summed E-state index contributed by atoms with van der Waals surface area (Å²) in [7, 11) is 0. The van der Waals surface area contributed by atoms with Crippen LogP contribution in [0.2, 0.25) is 0 Å². The number of aromatic nitrogens is 1. The molecule has 136 valence electrons. The van der Waals surface area contributed by atoms with Crippen LogP contribution < -0.4 is 10.6 Å². The van der Waals surface area contributed by atoms with Gasteiger partial charge in [-0.15, -0.1) is 0 Å². The number of nitrogens with zero attached hydrogens (tertiary/aromatic N) is 1. The first-order valence-corrected chi connectivity index (χ1v) is 7.82. The Labute approximate surface area is 147 Å². The first-order valence-electron chi connectivity index (χ1n) is 7.82. The number of hydrogen-bond donors (Lipinski definition) is 3. The Bertz CT molecular complexity index is 918. The average molecular weight is 363 g/mol. The van der Waals surface area contributed by atoms with E-state index in [2.05, 4.69) is 10.6 Å². The molecule has 3 aromatic rings. The van der Waals surface area contributed by atoms with Crippen molar-refractivity contribution in [3.8, 4) is 0 Å². The van der Waals surface area contributed by atoms with Crippen LogP contribution in [0.5, 0.6) is 0 Å². The molecule has 0 saturated heterocycles. The fourth-order valence-electron chi connectivity index (χ4n) is 2.62. The van der Waals surface area contributed by atoms with E-state index in [-0.39, 0.29) is 12.3 Å². The van der Waals surface area contributed by atoms with E-state index in [1.807, 2.05) is 22.9 Å². The van der Waals surface area contributed by atoms with E-state index < -0.39 is 17.8 Å². The molecule has 3 N–H and O–H groups in total. The summed E-state index contributed by atoms with van der Waals surface area (Å²) in [6, 6.07) is 10.8. The van der Waals surface area contributed by atoms with Crippen LogP contribution in [-0.2, 0) is 12.7 Å². The number of carbonyl (C=O) groups is 1. The number of aliphatic hydroxyl groups excluding tert-OH is 1. The number of benzene rings is 2. The van der Waals surface area contributed by atoms with Gasteiger partial charge in [-0.2, -0.15) is 13.2 Å². The molecule has 1 aromatic heterocycles. The predicted molar refractivity (Wildman–Crippen MR) is 93.1 cm³/mol. The molecule has 0 radical (unpaired) electrons. The summed E-state index contributed by atoms with van der Waals surface area (Å²) in [6.07, 6.45) is -2.57. The zero-order valence-electron chi connectivity index (χ0n) is 13.5. The van der Waals surface area contributed by atoms with E-state index in [0.717, 1.165) is 23.0 Å². The van der Waals surface area contributed by atoms with Crippen molar-refractivity contribution >= 4 is 28.3 Å². The largest absolute Gasteiger partial charge is 0.416 e. The highest BCUT2D eigenvalue weighted by Gasteiger charge is 2.29. The predicted octanol–water partition coefficient (Wildman–Crippen LogP) is 4.30. The van der Waals surface area contributed by atoms with Gasteiger partial charge in [0, 0.05) is 35.0 Å². The molecule has 8 heteroatoms. The maximum Gasteiger partial charge on any atom is 0.416 e. The zero-order valence-corrected chi connectivity index (χ0v) is 13.5. The second kappa shape index (κ2) is 7.09. The summed E-state index contributed by atoms with van der Waals surface area (Å²) in [6.45, 7) is 0.504. The third-order valence-electron chi connectivity index (χ3n) is 3.84. The first kappa shape index (κ1) is 17.8. The van der Waals surface area contributed by atoms with Crippen molar-refractivity contribution in [1.29, 1.82) is 0 Å². The molecule has 26 heavy (non-hydrogen) atoms. The minimum atomic E-state index is -4.41. The van der Waals surface area contributed by atoms with Gasteiger partial charge in [0.15, 0.2) is 0 Å². The Morgan fingerprint density at radius 3 is 2.31 bits per heavy atom.